The number of sulfonamides is 1. The van der Waals surface area contributed by atoms with Crippen LogP contribution in [-0.4, -0.2) is 23.0 Å². The molecular formula is C22H25N5O2S3. The molecule has 168 valence electrons. The number of hydrogen-bond acceptors (Lipinski definition) is 7. The number of fused-ring (bicyclic) bond motifs is 1. The fourth-order valence-electron chi connectivity index (χ4n) is 3.24. The number of thioether (sulfide) groups is 1. The van der Waals surface area contributed by atoms with Gasteiger partial charge in [0.15, 0.2) is 10.3 Å². The van der Waals surface area contributed by atoms with E-state index < -0.39 is 10.0 Å². The Kier molecular flexibility index (Phi) is 6.85. The number of benzene rings is 2. The van der Waals surface area contributed by atoms with Crippen LogP contribution in [0.1, 0.15) is 31.0 Å². The highest BCUT2D eigenvalue weighted by Crippen LogP contribution is 2.30. The zero-order chi connectivity index (χ0) is 22.7. The highest BCUT2D eigenvalue weighted by molar-refractivity contribution is 7.98. The number of unbranched alkanes of at least 4 members (excludes halogenated alkanes) is 1. The average Bonchev–Trinajstić information content (AvgIpc) is 3.35. The Morgan fingerprint density at radius 2 is 1.94 bits per heavy atom. The lowest BCUT2D eigenvalue weighted by atomic mass is 10.2. The number of aromatic nitrogens is 3. The number of rotatable bonds is 9. The molecule has 4 aromatic rings. The molecule has 0 aliphatic carbocycles. The number of primary sulfonamides is 1. The SMILES string of the molecule is CCCCn1c(SCc2csc(Nc3ccc(C)cc3)n2)nc2cc(S(N)(=O)=O)ccc21. The van der Waals surface area contributed by atoms with Crippen LogP contribution in [0.5, 0.6) is 0 Å². The summed E-state index contributed by atoms with van der Waals surface area (Å²) in [5.74, 6) is 0.670. The van der Waals surface area contributed by atoms with E-state index in [0.717, 1.165) is 46.6 Å². The second-order valence-electron chi connectivity index (χ2n) is 7.52. The second kappa shape index (κ2) is 9.62. The molecule has 0 atom stereocenters. The smallest absolute Gasteiger partial charge is 0.238 e. The highest BCUT2D eigenvalue weighted by Gasteiger charge is 2.16. The Morgan fingerprint density at radius 1 is 1.16 bits per heavy atom. The van der Waals surface area contributed by atoms with E-state index in [4.69, 9.17) is 10.1 Å². The van der Waals surface area contributed by atoms with Gasteiger partial charge in [0.1, 0.15) is 0 Å². The van der Waals surface area contributed by atoms with Crippen LogP contribution < -0.4 is 10.5 Å². The van der Waals surface area contributed by atoms with Crippen LogP contribution in [0.2, 0.25) is 0 Å². The summed E-state index contributed by atoms with van der Waals surface area (Å²) in [6, 6.07) is 13.1. The summed E-state index contributed by atoms with van der Waals surface area (Å²) < 4.78 is 25.6. The molecule has 2 heterocycles. The topological polar surface area (TPSA) is 103 Å². The van der Waals surface area contributed by atoms with Gasteiger partial charge in [0.25, 0.3) is 0 Å². The molecule has 0 amide bonds. The van der Waals surface area contributed by atoms with Gasteiger partial charge in [0.05, 0.1) is 21.6 Å². The molecular weight excluding hydrogens is 462 g/mol. The summed E-state index contributed by atoms with van der Waals surface area (Å²) in [5, 5.41) is 12.4. The van der Waals surface area contributed by atoms with Gasteiger partial charge in [-0.2, -0.15) is 0 Å². The number of nitrogens with one attached hydrogen (secondary N) is 1. The Labute approximate surface area is 196 Å². The number of aryl methyl sites for hydroxylation is 2. The van der Waals surface area contributed by atoms with Crippen molar-refractivity contribution in [2.45, 2.75) is 49.0 Å². The van der Waals surface area contributed by atoms with E-state index in [2.05, 4.69) is 40.8 Å². The molecule has 0 saturated carbocycles. The number of hydrogen-bond donors (Lipinski definition) is 2. The molecule has 0 saturated heterocycles. The summed E-state index contributed by atoms with van der Waals surface area (Å²) in [4.78, 5) is 9.47. The van der Waals surface area contributed by atoms with E-state index in [-0.39, 0.29) is 4.90 Å². The quantitative estimate of drug-likeness (QED) is 0.311. The first-order chi connectivity index (χ1) is 15.3. The van der Waals surface area contributed by atoms with Gasteiger partial charge in [-0.3, -0.25) is 0 Å². The highest BCUT2D eigenvalue weighted by atomic mass is 32.2. The van der Waals surface area contributed by atoms with Crippen molar-refractivity contribution in [3.05, 3.63) is 59.1 Å². The monoisotopic (exact) mass is 487 g/mol. The summed E-state index contributed by atoms with van der Waals surface area (Å²) in [7, 11) is -3.77. The lowest BCUT2D eigenvalue weighted by molar-refractivity contribution is 0.597. The van der Waals surface area contributed by atoms with E-state index >= 15 is 0 Å². The number of thiazole rings is 1. The van der Waals surface area contributed by atoms with Crippen LogP contribution in [0.4, 0.5) is 10.8 Å². The van der Waals surface area contributed by atoms with Crippen molar-refractivity contribution in [1.82, 2.24) is 14.5 Å². The summed E-state index contributed by atoms with van der Waals surface area (Å²) in [6.45, 7) is 5.02. The molecule has 0 aliphatic heterocycles. The molecule has 2 aromatic heterocycles. The third-order valence-electron chi connectivity index (χ3n) is 4.95. The van der Waals surface area contributed by atoms with Crippen molar-refractivity contribution in [1.29, 1.82) is 0 Å². The molecule has 3 N–H and O–H groups in total. The van der Waals surface area contributed by atoms with Crippen molar-refractivity contribution in [2.75, 3.05) is 5.32 Å². The minimum Gasteiger partial charge on any atom is -0.332 e. The summed E-state index contributed by atoms with van der Waals surface area (Å²) in [5.41, 5.74) is 4.74. The predicted octanol–water partition coefficient (Wildman–Crippen LogP) is 5.28. The fraction of sp³-hybridized carbons (Fsp3) is 0.273. The number of nitrogens with zero attached hydrogens (tertiary/aromatic N) is 3. The van der Waals surface area contributed by atoms with Gasteiger partial charge >= 0.3 is 0 Å². The van der Waals surface area contributed by atoms with Gasteiger partial charge < -0.3 is 9.88 Å². The first kappa shape index (κ1) is 22.8. The molecule has 32 heavy (non-hydrogen) atoms. The molecule has 7 nitrogen and oxygen atoms in total. The Balaban J connectivity index is 1.53. The van der Waals surface area contributed by atoms with Crippen molar-refractivity contribution in [3.8, 4) is 0 Å². The Bertz CT molecular complexity index is 1330. The van der Waals surface area contributed by atoms with E-state index in [1.54, 1.807) is 41.3 Å². The third-order valence-corrected chi connectivity index (χ3v) is 7.68. The van der Waals surface area contributed by atoms with Crippen molar-refractivity contribution < 1.29 is 8.42 Å². The maximum atomic E-state index is 11.7. The van der Waals surface area contributed by atoms with Gasteiger partial charge in [-0.1, -0.05) is 42.8 Å². The zero-order valence-corrected chi connectivity index (χ0v) is 20.4. The van der Waals surface area contributed by atoms with E-state index in [9.17, 15) is 8.42 Å². The molecule has 0 bridgehead atoms. The van der Waals surface area contributed by atoms with Crippen LogP contribution in [0.25, 0.3) is 11.0 Å². The number of anilines is 2. The van der Waals surface area contributed by atoms with Gasteiger partial charge in [0.2, 0.25) is 10.0 Å². The van der Waals surface area contributed by atoms with Gasteiger partial charge in [-0.25, -0.2) is 23.5 Å². The molecule has 10 heteroatoms. The van der Waals surface area contributed by atoms with Crippen LogP contribution in [0.3, 0.4) is 0 Å². The van der Waals surface area contributed by atoms with Crippen LogP contribution in [0.15, 0.2) is 57.9 Å². The fourth-order valence-corrected chi connectivity index (χ4v) is 5.54. The largest absolute Gasteiger partial charge is 0.332 e. The molecule has 2 aromatic carbocycles. The lowest BCUT2D eigenvalue weighted by Gasteiger charge is -2.08. The Hall–Kier alpha value is -2.40. The first-order valence-electron chi connectivity index (χ1n) is 10.3. The van der Waals surface area contributed by atoms with E-state index in [1.165, 1.54) is 5.56 Å². The molecule has 0 fully saturated rings. The van der Waals surface area contributed by atoms with Gasteiger partial charge in [0, 0.05) is 23.4 Å². The average molecular weight is 488 g/mol. The standard InChI is InChI=1S/C22H25N5O2S3/c1-3-4-11-27-20-10-9-18(32(23,28)29)12-19(20)26-22(27)31-14-17-13-30-21(25-17)24-16-7-5-15(2)6-8-16/h5-10,12-13H,3-4,11,14H2,1-2H3,(H,24,25)(H2,23,28,29). The molecule has 0 spiro atoms. The molecule has 0 aliphatic rings. The van der Waals surface area contributed by atoms with E-state index in [0.29, 0.717) is 11.3 Å². The minimum absolute atomic E-state index is 0.0769. The third kappa shape index (κ3) is 5.32. The van der Waals surface area contributed by atoms with Gasteiger partial charge in [-0.05, 0) is 43.7 Å². The lowest BCUT2D eigenvalue weighted by Crippen LogP contribution is -2.11. The summed E-state index contributed by atoms with van der Waals surface area (Å²) in [6.07, 6.45) is 2.07. The minimum atomic E-state index is -3.77. The number of nitrogens with two attached hydrogens (primary N) is 1. The van der Waals surface area contributed by atoms with Gasteiger partial charge in [-0.15, -0.1) is 11.3 Å². The van der Waals surface area contributed by atoms with Crippen LogP contribution in [-0.2, 0) is 22.3 Å². The molecule has 0 radical (unpaired) electrons. The van der Waals surface area contributed by atoms with Crippen molar-refractivity contribution in [2.24, 2.45) is 5.14 Å². The normalized spacial score (nSPS) is 11.8. The van der Waals surface area contributed by atoms with E-state index in [1.807, 2.05) is 17.5 Å². The van der Waals surface area contributed by atoms with Crippen molar-refractivity contribution in [3.63, 3.8) is 0 Å². The maximum absolute atomic E-state index is 11.7. The summed E-state index contributed by atoms with van der Waals surface area (Å²) >= 11 is 3.17. The molecule has 0 unspecified atom stereocenters. The predicted molar refractivity (Wildman–Crippen MR) is 132 cm³/mol. The van der Waals surface area contributed by atoms with Crippen LogP contribution in [0, 0.1) is 6.92 Å². The zero-order valence-electron chi connectivity index (χ0n) is 17.9. The maximum Gasteiger partial charge on any atom is 0.238 e. The second-order valence-corrected chi connectivity index (χ2v) is 10.9. The Morgan fingerprint density at radius 3 is 2.66 bits per heavy atom. The number of imidazole rings is 1. The molecule has 4 rings (SSSR count). The van der Waals surface area contributed by atoms with Crippen LogP contribution >= 0.6 is 23.1 Å². The first-order valence-corrected chi connectivity index (χ1v) is 13.7. The van der Waals surface area contributed by atoms with Crippen molar-refractivity contribution >= 4 is 55.0 Å².